The molecule has 2 aliphatic rings. The molecule has 2 aliphatic heterocycles. The van der Waals surface area contributed by atoms with Crippen LogP contribution in [0.25, 0.3) is 0 Å². The van der Waals surface area contributed by atoms with Crippen LogP contribution in [-0.2, 0) is 21.2 Å². The molecule has 2 unspecified atom stereocenters. The summed E-state index contributed by atoms with van der Waals surface area (Å²) in [6.45, 7) is 0.00432. The maximum absolute atomic E-state index is 14.0. The molecule has 2 aromatic carbocycles. The van der Waals surface area contributed by atoms with Crippen LogP contribution in [0.3, 0.4) is 0 Å². The Balaban J connectivity index is 1.32. The number of nitrogens with two attached hydrogens (primary N) is 1. The van der Waals surface area contributed by atoms with Gasteiger partial charge >= 0.3 is 0 Å². The topological polar surface area (TPSA) is 92.5 Å². The molecule has 10 heteroatoms. The third-order valence-electron chi connectivity index (χ3n) is 6.89. The van der Waals surface area contributed by atoms with Gasteiger partial charge in [-0.1, -0.05) is 18.2 Å². The summed E-state index contributed by atoms with van der Waals surface area (Å²) in [5.74, 6) is -3.24. The van der Waals surface area contributed by atoms with Crippen LogP contribution in [0.4, 0.5) is 13.2 Å². The molecule has 2 saturated heterocycles. The highest BCUT2D eigenvalue weighted by molar-refractivity contribution is 7.89. The van der Waals surface area contributed by atoms with Crippen LogP contribution in [-0.4, -0.2) is 43.9 Å². The molecule has 34 heavy (non-hydrogen) atoms. The predicted molar refractivity (Wildman–Crippen MR) is 121 cm³/mol. The lowest BCUT2D eigenvalue weighted by atomic mass is 9.82. The smallest absolute Gasteiger partial charge is 0.240 e. The second-order valence-electron chi connectivity index (χ2n) is 9.10. The lowest BCUT2D eigenvalue weighted by Crippen LogP contribution is -2.50. The van der Waals surface area contributed by atoms with Crippen molar-refractivity contribution in [2.24, 2.45) is 11.7 Å². The Morgan fingerprint density at radius 1 is 1.03 bits per heavy atom. The second-order valence-corrected chi connectivity index (χ2v) is 10.9. The number of carbonyl (C=O) groups is 1. The van der Waals surface area contributed by atoms with Crippen LogP contribution in [0.2, 0.25) is 0 Å². The van der Waals surface area contributed by atoms with Crippen molar-refractivity contribution in [1.29, 1.82) is 0 Å². The number of nitrogens with one attached hydrogen (secondary N) is 1. The molecule has 2 heterocycles. The first-order valence-corrected chi connectivity index (χ1v) is 12.9. The van der Waals surface area contributed by atoms with Gasteiger partial charge in [0.25, 0.3) is 0 Å². The van der Waals surface area contributed by atoms with Gasteiger partial charge in [-0.05, 0) is 61.8 Å². The molecular formula is C24H28F3N3O3S. The molecule has 2 bridgehead atoms. The summed E-state index contributed by atoms with van der Waals surface area (Å²) in [5.41, 5.74) is 6.38. The summed E-state index contributed by atoms with van der Waals surface area (Å²) in [6.07, 6.45) is 3.08. The third kappa shape index (κ3) is 5.29. The lowest BCUT2D eigenvalue weighted by Gasteiger charge is -2.41. The zero-order valence-corrected chi connectivity index (χ0v) is 19.4. The van der Waals surface area contributed by atoms with Crippen LogP contribution in [0.1, 0.15) is 37.7 Å². The first kappa shape index (κ1) is 24.7. The highest BCUT2D eigenvalue weighted by atomic mass is 32.2. The molecule has 0 saturated carbocycles. The summed E-state index contributed by atoms with van der Waals surface area (Å²) in [4.78, 5) is 14.9. The minimum Gasteiger partial charge on any atom is -0.337 e. The van der Waals surface area contributed by atoms with Crippen LogP contribution < -0.4 is 10.5 Å². The van der Waals surface area contributed by atoms with Gasteiger partial charge < -0.3 is 10.6 Å². The number of hydrogen-bond donors (Lipinski definition) is 2. The second kappa shape index (κ2) is 10.1. The number of piperidine rings is 1. The maximum Gasteiger partial charge on any atom is 0.240 e. The molecule has 184 valence electrons. The van der Waals surface area contributed by atoms with Crippen molar-refractivity contribution < 1.29 is 26.4 Å². The molecule has 3 N–H and O–H groups in total. The molecule has 1 amide bonds. The molecule has 2 aromatic rings. The Hall–Kier alpha value is -2.43. The highest BCUT2D eigenvalue weighted by Gasteiger charge is 2.44. The van der Waals surface area contributed by atoms with Crippen molar-refractivity contribution in [1.82, 2.24) is 9.62 Å². The number of hydrogen-bond acceptors (Lipinski definition) is 4. The molecule has 4 atom stereocenters. The SMILES string of the molecule is NC(Cc1cc(F)c(F)cc1F)[C@@H]1CC2CC[C@@H](C1)N2C(=O)CCNS(=O)(=O)c1ccccc1. The molecule has 0 spiro atoms. The van der Waals surface area contributed by atoms with Gasteiger partial charge in [-0.15, -0.1) is 0 Å². The van der Waals surface area contributed by atoms with E-state index in [2.05, 4.69) is 4.72 Å². The highest BCUT2D eigenvalue weighted by Crippen LogP contribution is 2.40. The van der Waals surface area contributed by atoms with E-state index < -0.39 is 33.5 Å². The third-order valence-corrected chi connectivity index (χ3v) is 8.37. The first-order chi connectivity index (χ1) is 16.2. The van der Waals surface area contributed by atoms with Gasteiger partial charge in [-0.2, -0.15) is 0 Å². The summed E-state index contributed by atoms with van der Waals surface area (Å²) in [5, 5.41) is 0. The minimum absolute atomic E-state index is 0.00432. The van der Waals surface area contributed by atoms with Crippen LogP contribution in [0, 0.1) is 23.4 Å². The van der Waals surface area contributed by atoms with E-state index in [1.807, 2.05) is 4.90 Å². The minimum atomic E-state index is -3.68. The first-order valence-electron chi connectivity index (χ1n) is 11.4. The summed E-state index contributed by atoms with van der Waals surface area (Å²) in [7, 11) is -3.68. The molecule has 0 aliphatic carbocycles. The molecule has 0 aromatic heterocycles. The molecule has 2 fully saturated rings. The summed E-state index contributed by atoms with van der Waals surface area (Å²) >= 11 is 0. The van der Waals surface area contributed by atoms with E-state index in [0.717, 1.165) is 18.9 Å². The Kier molecular flexibility index (Phi) is 7.30. The normalized spacial score (nSPS) is 23.2. The van der Waals surface area contributed by atoms with Crippen molar-refractivity contribution in [3.05, 3.63) is 65.5 Å². The number of rotatable bonds is 8. The van der Waals surface area contributed by atoms with Crippen molar-refractivity contribution in [3.8, 4) is 0 Å². The fraction of sp³-hybridized carbons (Fsp3) is 0.458. The van der Waals surface area contributed by atoms with Gasteiger partial charge in [0.2, 0.25) is 15.9 Å². The quantitative estimate of drug-likeness (QED) is 0.551. The summed E-state index contributed by atoms with van der Waals surface area (Å²) < 4.78 is 67.9. The van der Waals surface area contributed by atoms with E-state index in [9.17, 15) is 26.4 Å². The average molecular weight is 496 g/mol. The Labute approximate surface area is 197 Å². The number of sulfonamides is 1. The van der Waals surface area contributed by atoms with E-state index in [4.69, 9.17) is 5.73 Å². The van der Waals surface area contributed by atoms with Crippen LogP contribution in [0.5, 0.6) is 0 Å². The largest absolute Gasteiger partial charge is 0.337 e. The monoisotopic (exact) mass is 495 g/mol. The van der Waals surface area contributed by atoms with Crippen molar-refractivity contribution in [3.63, 3.8) is 0 Å². The summed E-state index contributed by atoms with van der Waals surface area (Å²) in [6, 6.07) is 8.89. The molecule has 0 radical (unpaired) electrons. The number of nitrogens with zero attached hydrogens (tertiary/aromatic N) is 1. The molecular weight excluding hydrogens is 467 g/mol. The lowest BCUT2D eigenvalue weighted by molar-refractivity contribution is -0.136. The van der Waals surface area contributed by atoms with Crippen LogP contribution in [0.15, 0.2) is 47.4 Å². The number of halogens is 3. The zero-order chi connectivity index (χ0) is 24.5. The van der Waals surface area contributed by atoms with Gasteiger partial charge in [0, 0.05) is 37.2 Å². The van der Waals surface area contributed by atoms with E-state index in [-0.39, 0.29) is 53.8 Å². The standard InChI is InChI=1S/C24H28F3N3O3S/c25-20-14-22(27)21(26)12-15(20)13-23(28)16-10-17-6-7-18(11-16)30(17)24(31)8-9-29-34(32,33)19-4-2-1-3-5-19/h1-5,12,14,16-18,23,29H,6-11,13,28H2/t16-,17-,18?,23?/m0/s1. The van der Waals surface area contributed by atoms with Gasteiger partial charge in [0.05, 0.1) is 4.90 Å². The Morgan fingerprint density at radius 2 is 1.65 bits per heavy atom. The maximum atomic E-state index is 14.0. The van der Waals surface area contributed by atoms with Gasteiger partial charge in [0.15, 0.2) is 11.6 Å². The van der Waals surface area contributed by atoms with E-state index >= 15 is 0 Å². The Bertz CT molecular complexity index is 1130. The van der Waals surface area contributed by atoms with Gasteiger partial charge in [-0.3, -0.25) is 4.79 Å². The fourth-order valence-corrected chi connectivity index (χ4v) is 6.27. The molecule has 4 rings (SSSR count). The van der Waals surface area contributed by atoms with Crippen molar-refractivity contribution >= 4 is 15.9 Å². The molecule has 6 nitrogen and oxygen atoms in total. The number of carbonyl (C=O) groups excluding carboxylic acids is 1. The predicted octanol–water partition coefficient (Wildman–Crippen LogP) is 3.11. The fourth-order valence-electron chi connectivity index (χ4n) is 5.22. The number of fused-ring (bicyclic) bond motifs is 2. The number of amides is 1. The number of benzene rings is 2. The van der Waals surface area contributed by atoms with E-state index in [1.165, 1.54) is 12.1 Å². The average Bonchev–Trinajstić information content (AvgIpc) is 3.07. The zero-order valence-electron chi connectivity index (χ0n) is 18.6. The van der Waals surface area contributed by atoms with Gasteiger partial charge in [-0.25, -0.2) is 26.3 Å². The van der Waals surface area contributed by atoms with E-state index in [1.54, 1.807) is 18.2 Å². The Morgan fingerprint density at radius 3 is 2.29 bits per heavy atom. The van der Waals surface area contributed by atoms with Crippen molar-refractivity contribution in [2.75, 3.05) is 6.54 Å². The van der Waals surface area contributed by atoms with Crippen LogP contribution >= 0.6 is 0 Å². The van der Waals surface area contributed by atoms with E-state index in [0.29, 0.717) is 18.9 Å². The van der Waals surface area contributed by atoms with Gasteiger partial charge in [0.1, 0.15) is 5.82 Å². The van der Waals surface area contributed by atoms with Crippen molar-refractivity contribution in [2.45, 2.75) is 61.5 Å².